The van der Waals surface area contributed by atoms with Crippen LogP contribution in [0.2, 0.25) is 5.02 Å². The molecule has 0 saturated carbocycles. The maximum absolute atomic E-state index is 13.4. The first-order valence-electron chi connectivity index (χ1n) is 8.65. The number of halogens is 2. The van der Waals surface area contributed by atoms with Crippen molar-refractivity contribution in [3.63, 3.8) is 0 Å². The van der Waals surface area contributed by atoms with Gasteiger partial charge < -0.3 is 9.64 Å². The highest BCUT2D eigenvalue weighted by atomic mass is 35.5. The van der Waals surface area contributed by atoms with Crippen LogP contribution in [-0.2, 0) is 16.4 Å². The van der Waals surface area contributed by atoms with Crippen LogP contribution in [-0.4, -0.2) is 43.5 Å². The van der Waals surface area contributed by atoms with Gasteiger partial charge in [-0.1, -0.05) is 35.5 Å². The Morgan fingerprint density at radius 3 is 2.82 bits per heavy atom. The van der Waals surface area contributed by atoms with Crippen LogP contribution in [0.4, 0.5) is 10.1 Å². The van der Waals surface area contributed by atoms with Gasteiger partial charge in [0.15, 0.2) is 15.0 Å². The lowest BCUT2D eigenvalue weighted by Gasteiger charge is -2.25. The van der Waals surface area contributed by atoms with Crippen molar-refractivity contribution in [3.05, 3.63) is 58.9 Å². The molecule has 5 nitrogen and oxygen atoms in total. The average Bonchev–Trinajstić information content (AvgIpc) is 3.14. The molecule has 0 radical (unpaired) electrons. The maximum atomic E-state index is 13.4. The van der Waals surface area contributed by atoms with E-state index in [1.54, 1.807) is 13.2 Å². The molecule has 0 amide bonds. The highest BCUT2D eigenvalue weighted by molar-refractivity contribution is 8.15. The molecule has 2 atom stereocenters. The number of nitrogens with zero attached hydrogens (tertiary/aromatic N) is 2. The van der Waals surface area contributed by atoms with E-state index in [0.29, 0.717) is 17.3 Å². The van der Waals surface area contributed by atoms with E-state index in [1.807, 2.05) is 29.2 Å². The predicted molar refractivity (Wildman–Crippen MR) is 112 cm³/mol. The van der Waals surface area contributed by atoms with E-state index in [9.17, 15) is 12.8 Å². The Labute approximate surface area is 172 Å². The number of rotatable bonds is 4. The first-order valence-corrected chi connectivity index (χ1v) is 11.7. The Kier molecular flexibility index (Phi) is 5.28. The highest BCUT2D eigenvalue weighted by Gasteiger charge is 2.44. The van der Waals surface area contributed by atoms with Crippen molar-refractivity contribution in [1.29, 1.82) is 0 Å². The Balaban J connectivity index is 1.70. The van der Waals surface area contributed by atoms with Crippen LogP contribution >= 0.6 is 23.4 Å². The Bertz CT molecular complexity index is 1050. The van der Waals surface area contributed by atoms with Crippen LogP contribution in [0.5, 0.6) is 5.75 Å². The highest BCUT2D eigenvalue weighted by Crippen LogP contribution is 2.38. The number of hydrogen-bond donors (Lipinski definition) is 0. The zero-order valence-electron chi connectivity index (χ0n) is 15.0. The van der Waals surface area contributed by atoms with Gasteiger partial charge in [0.2, 0.25) is 0 Å². The molecule has 0 spiro atoms. The second-order valence-corrected chi connectivity index (χ2v) is 10.5. The molecular weight excluding hydrogens is 423 g/mol. The van der Waals surface area contributed by atoms with Gasteiger partial charge in [0, 0.05) is 22.0 Å². The van der Waals surface area contributed by atoms with Gasteiger partial charge in [-0.3, -0.25) is 4.99 Å². The topological polar surface area (TPSA) is 59.0 Å². The van der Waals surface area contributed by atoms with Gasteiger partial charge in [0.25, 0.3) is 0 Å². The molecule has 28 heavy (non-hydrogen) atoms. The molecule has 2 unspecified atom stereocenters. The zero-order valence-corrected chi connectivity index (χ0v) is 17.4. The van der Waals surface area contributed by atoms with Gasteiger partial charge in [0.05, 0.1) is 31.2 Å². The largest absolute Gasteiger partial charge is 0.497 e. The van der Waals surface area contributed by atoms with Gasteiger partial charge in [-0.25, -0.2) is 12.8 Å². The lowest BCUT2D eigenvalue weighted by molar-refractivity contribution is 0.415. The minimum atomic E-state index is -3.03. The third-order valence-corrected chi connectivity index (χ3v) is 8.34. The molecule has 2 aromatic rings. The summed E-state index contributed by atoms with van der Waals surface area (Å²) in [4.78, 5) is 6.66. The molecule has 0 N–H and O–H groups in total. The Morgan fingerprint density at radius 1 is 1.29 bits per heavy atom. The number of hydrogen-bond acceptors (Lipinski definition) is 6. The number of benzene rings is 2. The number of anilines is 1. The van der Waals surface area contributed by atoms with E-state index in [1.165, 1.54) is 23.9 Å². The lowest BCUT2D eigenvalue weighted by atomic mass is 10.2. The molecule has 0 bridgehead atoms. The van der Waals surface area contributed by atoms with Crippen LogP contribution < -0.4 is 9.64 Å². The first kappa shape index (κ1) is 19.5. The van der Waals surface area contributed by atoms with Crippen LogP contribution in [0, 0.1) is 5.82 Å². The summed E-state index contributed by atoms with van der Waals surface area (Å²) in [5.74, 6) is 0.517. The molecule has 9 heteroatoms. The first-order chi connectivity index (χ1) is 13.3. The number of fused-ring (bicyclic) bond motifs is 1. The van der Waals surface area contributed by atoms with Gasteiger partial charge in [0.1, 0.15) is 11.6 Å². The monoisotopic (exact) mass is 440 g/mol. The molecular formula is C19H18ClFN2O3S2. The van der Waals surface area contributed by atoms with Crippen molar-refractivity contribution in [2.75, 3.05) is 23.5 Å². The summed E-state index contributed by atoms with van der Waals surface area (Å²) in [6.07, 6.45) is 0. The summed E-state index contributed by atoms with van der Waals surface area (Å²) in [5.41, 5.74) is 1.59. The molecule has 0 aliphatic carbocycles. The third-order valence-electron chi connectivity index (χ3n) is 4.74. The smallest absolute Gasteiger partial charge is 0.164 e. The molecule has 4 rings (SSSR count). The fraction of sp³-hybridized carbons (Fsp3) is 0.316. The van der Waals surface area contributed by atoms with Crippen LogP contribution in [0.25, 0.3) is 0 Å². The number of methoxy groups -OCH3 is 1. The number of sulfone groups is 1. The lowest BCUT2D eigenvalue weighted by Crippen LogP contribution is -2.28. The number of thioether (sulfide) groups is 1. The van der Waals surface area contributed by atoms with E-state index in [0.717, 1.165) is 16.4 Å². The number of aliphatic imine (C=N–C) groups is 1. The van der Waals surface area contributed by atoms with Crippen LogP contribution in [0.3, 0.4) is 0 Å². The second kappa shape index (κ2) is 7.57. The van der Waals surface area contributed by atoms with Crippen molar-refractivity contribution < 1.29 is 17.5 Å². The summed E-state index contributed by atoms with van der Waals surface area (Å²) < 4.78 is 42.5. The number of ether oxygens (including phenoxy) is 1. The van der Waals surface area contributed by atoms with Gasteiger partial charge in [-0.15, -0.1) is 0 Å². The third kappa shape index (κ3) is 3.99. The van der Waals surface area contributed by atoms with Crippen molar-refractivity contribution >= 4 is 44.1 Å². The standard InChI is InChI=1S/C19H18ClFN2O3S2/c1-26-15-4-2-3-14(8-15)23(9-12-5-6-13(21)7-16(12)20)19-22-17-10-28(24,25)11-18(17)27-19/h2-8,17-18H,9-11H2,1H3. The molecule has 2 heterocycles. The van der Waals surface area contributed by atoms with Gasteiger partial charge in [-0.05, 0) is 29.8 Å². The molecule has 1 saturated heterocycles. The van der Waals surface area contributed by atoms with E-state index in [-0.39, 0.29) is 22.8 Å². The summed E-state index contributed by atoms with van der Waals surface area (Å²) >= 11 is 7.71. The van der Waals surface area contributed by atoms with E-state index in [4.69, 9.17) is 16.3 Å². The Morgan fingerprint density at radius 2 is 2.11 bits per heavy atom. The molecule has 2 aliphatic rings. The fourth-order valence-corrected chi connectivity index (χ4v) is 7.35. The predicted octanol–water partition coefficient (Wildman–Crippen LogP) is 3.76. The van der Waals surface area contributed by atoms with Gasteiger partial charge in [-0.2, -0.15) is 0 Å². The SMILES string of the molecule is COc1cccc(N(Cc2ccc(F)cc2Cl)C2=NC3CS(=O)(=O)CC3S2)c1. The normalized spacial score (nSPS) is 22.6. The minimum absolute atomic E-state index is 0.0724. The van der Waals surface area contributed by atoms with Gasteiger partial charge >= 0.3 is 0 Å². The summed E-state index contributed by atoms with van der Waals surface area (Å²) in [6, 6.07) is 11.6. The van der Waals surface area contributed by atoms with E-state index < -0.39 is 15.7 Å². The molecule has 0 aromatic heterocycles. The van der Waals surface area contributed by atoms with Crippen molar-refractivity contribution in [2.45, 2.75) is 17.8 Å². The summed E-state index contributed by atoms with van der Waals surface area (Å²) in [6.45, 7) is 0.379. The average molecular weight is 441 g/mol. The second-order valence-electron chi connectivity index (χ2n) is 6.74. The summed E-state index contributed by atoms with van der Waals surface area (Å²) in [7, 11) is -1.43. The summed E-state index contributed by atoms with van der Waals surface area (Å²) in [5, 5.41) is 0.995. The Hall–Kier alpha value is -1.77. The molecule has 2 aliphatic heterocycles. The number of amidine groups is 1. The quantitative estimate of drug-likeness (QED) is 0.724. The molecule has 2 aromatic carbocycles. The maximum Gasteiger partial charge on any atom is 0.164 e. The van der Waals surface area contributed by atoms with Crippen molar-refractivity contribution in [3.8, 4) is 5.75 Å². The molecule has 148 valence electrons. The van der Waals surface area contributed by atoms with E-state index in [2.05, 4.69) is 4.99 Å². The van der Waals surface area contributed by atoms with Crippen molar-refractivity contribution in [2.24, 2.45) is 4.99 Å². The zero-order chi connectivity index (χ0) is 19.9. The van der Waals surface area contributed by atoms with Crippen molar-refractivity contribution in [1.82, 2.24) is 0 Å². The van der Waals surface area contributed by atoms with E-state index >= 15 is 0 Å². The van der Waals surface area contributed by atoms with Crippen LogP contribution in [0.1, 0.15) is 5.56 Å². The molecule has 1 fully saturated rings. The van der Waals surface area contributed by atoms with Crippen LogP contribution in [0.15, 0.2) is 47.5 Å². The minimum Gasteiger partial charge on any atom is -0.497 e. The fourth-order valence-electron chi connectivity index (χ4n) is 3.34.